The van der Waals surface area contributed by atoms with Gasteiger partial charge in [-0.2, -0.15) is 0 Å². The molecule has 0 radical (unpaired) electrons. The minimum absolute atomic E-state index is 0. The summed E-state index contributed by atoms with van der Waals surface area (Å²) in [5.41, 5.74) is 0. The monoisotopic (exact) mass is 313 g/mol. The number of carbonyl (C=O) groups is 1. The average Bonchev–Trinajstić information content (AvgIpc) is 2.01. The number of hydrogen-bond donors (Lipinski definition) is 0. The lowest BCUT2D eigenvalue weighted by Crippen LogP contribution is -3.00. The van der Waals surface area contributed by atoms with E-state index in [9.17, 15) is 4.79 Å². The average molecular weight is 313 g/mol. The van der Waals surface area contributed by atoms with Crippen LogP contribution in [-0.2, 0) is 9.53 Å². The predicted molar refractivity (Wildman–Crippen MR) is 53.3 cm³/mol. The molecule has 0 aromatic heterocycles. The standard InChI is InChI=1S/C10H20NO2.HI/c1-5-10(12)13-9-7-6-8-11(2,3)4;/h5H,1,6-9H2,2-4H3;1H/q+1;/p-1. The summed E-state index contributed by atoms with van der Waals surface area (Å²) in [5, 5.41) is 0. The van der Waals surface area contributed by atoms with Crippen molar-refractivity contribution in [3.05, 3.63) is 12.7 Å². The molecule has 0 heterocycles. The van der Waals surface area contributed by atoms with Crippen LogP contribution >= 0.6 is 0 Å². The summed E-state index contributed by atoms with van der Waals surface area (Å²) in [6.07, 6.45) is 3.20. The zero-order valence-corrected chi connectivity index (χ0v) is 11.4. The molecule has 0 spiro atoms. The van der Waals surface area contributed by atoms with Gasteiger partial charge in [0.2, 0.25) is 0 Å². The zero-order valence-electron chi connectivity index (χ0n) is 9.25. The van der Waals surface area contributed by atoms with Gasteiger partial charge in [-0.3, -0.25) is 0 Å². The number of esters is 1. The molecule has 0 saturated carbocycles. The maximum atomic E-state index is 10.6. The second kappa shape index (κ2) is 8.23. The van der Waals surface area contributed by atoms with Gasteiger partial charge >= 0.3 is 5.97 Å². The van der Waals surface area contributed by atoms with Crippen molar-refractivity contribution < 1.29 is 38.0 Å². The molecule has 0 aliphatic rings. The normalized spacial score (nSPS) is 10.2. The van der Waals surface area contributed by atoms with E-state index in [-0.39, 0.29) is 29.9 Å². The van der Waals surface area contributed by atoms with E-state index < -0.39 is 0 Å². The Kier molecular flexibility index (Phi) is 9.60. The van der Waals surface area contributed by atoms with Gasteiger partial charge in [-0.15, -0.1) is 0 Å². The molecule has 0 aliphatic carbocycles. The molecule has 84 valence electrons. The summed E-state index contributed by atoms with van der Waals surface area (Å²) in [5.74, 6) is -0.328. The highest BCUT2D eigenvalue weighted by atomic mass is 127. The lowest BCUT2D eigenvalue weighted by Gasteiger charge is -2.23. The molecule has 0 saturated heterocycles. The number of halogens is 1. The van der Waals surface area contributed by atoms with Gasteiger partial charge in [0.25, 0.3) is 0 Å². The van der Waals surface area contributed by atoms with E-state index in [1.165, 1.54) is 6.08 Å². The lowest BCUT2D eigenvalue weighted by molar-refractivity contribution is -0.870. The first-order valence-corrected chi connectivity index (χ1v) is 4.55. The van der Waals surface area contributed by atoms with Crippen molar-refractivity contribution in [3.8, 4) is 0 Å². The molecular formula is C10H20INO2. The Morgan fingerprint density at radius 3 is 2.36 bits per heavy atom. The molecule has 0 amide bonds. The Labute approximate surface area is 104 Å². The van der Waals surface area contributed by atoms with Gasteiger partial charge in [-0.05, 0) is 12.8 Å². The predicted octanol–water partition coefficient (Wildman–Crippen LogP) is -1.79. The largest absolute Gasteiger partial charge is 1.00 e. The molecular weight excluding hydrogens is 293 g/mol. The quantitative estimate of drug-likeness (QED) is 0.190. The summed E-state index contributed by atoms with van der Waals surface area (Å²) in [7, 11) is 6.45. The number of unbranched alkanes of at least 4 members (excludes halogenated alkanes) is 1. The second-order valence-corrected chi connectivity index (χ2v) is 4.09. The Balaban J connectivity index is 0. The van der Waals surface area contributed by atoms with Gasteiger partial charge < -0.3 is 33.2 Å². The third kappa shape index (κ3) is 11.9. The van der Waals surface area contributed by atoms with Crippen LogP contribution in [0.3, 0.4) is 0 Å². The molecule has 4 heteroatoms. The third-order valence-electron chi connectivity index (χ3n) is 1.63. The number of nitrogens with zero attached hydrogens (tertiary/aromatic N) is 1. The smallest absolute Gasteiger partial charge is 0.330 e. The van der Waals surface area contributed by atoms with E-state index in [0.29, 0.717) is 6.61 Å². The van der Waals surface area contributed by atoms with Crippen LogP contribution in [-0.4, -0.2) is 44.7 Å². The summed E-state index contributed by atoms with van der Waals surface area (Å²) in [6, 6.07) is 0. The maximum Gasteiger partial charge on any atom is 0.330 e. The van der Waals surface area contributed by atoms with Crippen LogP contribution in [0.5, 0.6) is 0 Å². The first-order chi connectivity index (χ1) is 5.95. The highest BCUT2D eigenvalue weighted by Gasteiger charge is 2.05. The molecule has 3 nitrogen and oxygen atoms in total. The van der Waals surface area contributed by atoms with Crippen LogP contribution in [0.2, 0.25) is 0 Å². The van der Waals surface area contributed by atoms with Crippen LogP contribution in [0.4, 0.5) is 0 Å². The summed E-state index contributed by atoms with van der Waals surface area (Å²) in [6.45, 7) is 4.93. The summed E-state index contributed by atoms with van der Waals surface area (Å²) in [4.78, 5) is 10.6. The molecule has 0 rings (SSSR count). The Hall–Kier alpha value is -0.100. The van der Waals surface area contributed by atoms with Crippen molar-refractivity contribution in [1.29, 1.82) is 0 Å². The number of hydrogen-bond acceptors (Lipinski definition) is 2. The van der Waals surface area contributed by atoms with E-state index >= 15 is 0 Å². The van der Waals surface area contributed by atoms with Gasteiger partial charge in [-0.1, -0.05) is 6.58 Å². The molecule has 0 aromatic rings. The van der Waals surface area contributed by atoms with E-state index in [1.807, 2.05) is 0 Å². The fourth-order valence-corrected chi connectivity index (χ4v) is 0.920. The lowest BCUT2D eigenvalue weighted by atomic mass is 10.3. The number of quaternary nitrogens is 1. The zero-order chi connectivity index (χ0) is 10.3. The summed E-state index contributed by atoms with van der Waals surface area (Å²) < 4.78 is 5.80. The van der Waals surface area contributed by atoms with Crippen molar-refractivity contribution in [2.75, 3.05) is 34.3 Å². The van der Waals surface area contributed by atoms with Gasteiger partial charge in [0.05, 0.1) is 34.3 Å². The molecule has 14 heavy (non-hydrogen) atoms. The van der Waals surface area contributed by atoms with Crippen LogP contribution in [0, 0.1) is 0 Å². The minimum atomic E-state index is -0.328. The molecule has 0 N–H and O–H groups in total. The van der Waals surface area contributed by atoms with E-state index in [4.69, 9.17) is 4.74 Å². The van der Waals surface area contributed by atoms with Gasteiger partial charge in [0, 0.05) is 6.08 Å². The number of ether oxygens (including phenoxy) is 1. The van der Waals surface area contributed by atoms with E-state index in [2.05, 4.69) is 27.7 Å². The molecule has 0 atom stereocenters. The van der Waals surface area contributed by atoms with Crippen LogP contribution in [0.1, 0.15) is 12.8 Å². The second-order valence-electron chi connectivity index (χ2n) is 4.09. The van der Waals surface area contributed by atoms with Gasteiger partial charge in [0.1, 0.15) is 0 Å². The first kappa shape index (κ1) is 16.3. The SMILES string of the molecule is C=CC(=O)OCCCC[N+](C)(C)C.[I-]. The van der Waals surface area contributed by atoms with Crippen molar-refractivity contribution >= 4 is 5.97 Å². The highest BCUT2D eigenvalue weighted by molar-refractivity contribution is 5.81. The van der Waals surface area contributed by atoms with Crippen LogP contribution in [0.25, 0.3) is 0 Å². The summed E-state index contributed by atoms with van der Waals surface area (Å²) >= 11 is 0. The minimum Gasteiger partial charge on any atom is -1.00 e. The number of rotatable bonds is 6. The molecule has 0 aliphatic heterocycles. The van der Waals surface area contributed by atoms with Crippen molar-refractivity contribution in [1.82, 2.24) is 0 Å². The Morgan fingerprint density at radius 1 is 1.36 bits per heavy atom. The fraction of sp³-hybridized carbons (Fsp3) is 0.700. The third-order valence-corrected chi connectivity index (χ3v) is 1.63. The van der Waals surface area contributed by atoms with Crippen molar-refractivity contribution in [2.45, 2.75) is 12.8 Å². The van der Waals surface area contributed by atoms with Crippen molar-refractivity contribution in [3.63, 3.8) is 0 Å². The first-order valence-electron chi connectivity index (χ1n) is 4.55. The molecule has 0 bridgehead atoms. The Morgan fingerprint density at radius 2 is 1.93 bits per heavy atom. The Bertz CT molecular complexity index is 175. The fourth-order valence-electron chi connectivity index (χ4n) is 0.920. The maximum absolute atomic E-state index is 10.6. The van der Waals surface area contributed by atoms with Crippen LogP contribution < -0.4 is 24.0 Å². The molecule has 0 fully saturated rings. The van der Waals surface area contributed by atoms with Gasteiger partial charge in [0.15, 0.2) is 0 Å². The molecule has 0 unspecified atom stereocenters. The van der Waals surface area contributed by atoms with Crippen molar-refractivity contribution in [2.24, 2.45) is 0 Å². The van der Waals surface area contributed by atoms with Crippen LogP contribution in [0.15, 0.2) is 12.7 Å². The number of carbonyl (C=O) groups excluding carboxylic acids is 1. The van der Waals surface area contributed by atoms with E-state index in [1.54, 1.807) is 0 Å². The van der Waals surface area contributed by atoms with E-state index in [0.717, 1.165) is 23.9 Å². The highest BCUT2D eigenvalue weighted by Crippen LogP contribution is 1.97. The molecule has 0 aromatic carbocycles. The topological polar surface area (TPSA) is 26.3 Å². The van der Waals surface area contributed by atoms with Gasteiger partial charge in [-0.25, -0.2) is 4.79 Å².